The summed E-state index contributed by atoms with van der Waals surface area (Å²) in [5, 5.41) is 5.38. The maximum atomic E-state index is 11.8. The van der Waals surface area contributed by atoms with E-state index < -0.39 is 0 Å². The lowest BCUT2D eigenvalue weighted by atomic mass is 10.3. The van der Waals surface area contributed by atoms with Gasteiger partial charge >= 0.3 is 0 Å². The van der Waals surface area contributed by atoms with E-state index >= 15 is 0 Å². The molecular weight excluding hydrogens is 296 g/mol. The zero-order valence-electron chi connectivity index (χ0n) is 13.3. The summed E-state index contributed by atoms with van der Waals surface area (Å²) in [6.07, 6.45) is 1.90. The van der Waals surface area contributed by atoms with E-state index in [0.717, 1.165) is 18.7 Å². The van der Waals surface area contributed by atoms with E-state index in [-0.39, 0.29) is 37.1 Å². The van der Waals surface area contributed by atoms with Crippen LogP contribution in [0.4, 0.5) is 5.82 Å². The smallest absolute Gasteiger partial charge is 0.227 e. The molecule has 1 aliphatic heterocycles. The van der Waals surface area contributed by atoms with Crippen LogP contribution in [-0.4, -0.2) is 47.2 Å². The highest BCUT2D eigenvalue weighted by Gasteiger charge is 2.20. The molecule has 7 heteroatoms. The number of carbonyl (C=O) groups excluding carboxylic acids is 3. The highest BCUT2D eigenvalue weighted by atomic mass is 16.2. The van der Waals surface area contributed by atoms with Crippen LogP contribution in [0.5, 0.6) is 0 Å². The number of nitrogens with one attached hydrogen (secondary N) is 2. The molecule has 0 spiro atoms. The van der Waals surface area contributed by atoms with E-state index in [2.05, 4.69) is 15.6 Å². The minimum atomic E-state index is -0.196. The number of pyridine rings is 1. The molecule has 2 rings (SSSR count). The molecule has 2 heterocycles. The zero-order chi connectivity index (χ0) is 16.7. The van der Waals surface area contributed by atoms with Crippen LogP contribution in [0, 0.1) is 6.92 Å². The maximum absolute atomic E-state index is 11.8. The summed E-state index contributed by atoms with van der Waals surface area (Å²) in [7, 11) is 0. The number of hydrogen-bond acceptors (Lipinski definition) is 4. The molecule has 1 aromatic rings. The fraction of sp³-hybridized carbons (Fsp3) is 0.500. The Morgan fingerprint density at radius 3 is 2.78 bits per heavy atom. The van der Waals surface area contributed by atoms with E-state index in [0.29, 0.717) is 18.8 Å². The fourth-order valence-electron chi connectivity index (χ4n) is 2.40. The third-order valence-corrected chi connectivity index (χ3v) is 3.61. The highest BCUT2D eigenvalue weighted by Crippen LogP contribution is 2.09. The molecule has 124 valence electrons. The molecule has 0 radical (unpaired) electrons. The molecule has 1 aromatic heterocycles. The minimum Gasteiger partial charge on any atom is -0.356 e. The first-order valence-corrected chi connectivity index (χ1v) is 7.82. The van der Waals surface area contributed by atoms with Crippen LogP contribution in [0.3, 0.4) is 0 Å². The van der Waals surface area contributed by atoms with E-state index in [1.165, 1.54) is 0 Å². The third kappa shape index (κ3) is 5.69. The van der Waals surface area contributed by atoms with Gasteiger partial charge in [-0.05, 0) is 25.5 Å². The van der Waals surface area contributed by atoms with Gasteiger partial charge in [-0.1, -0.05) is 6.07 Å². The van der Waals surface area contributed by atoms with Gasteiger partial charge in [0.15, 0.2) is 0 Å². The summed E-state index contributed by atoms with van der Waals surface area (Å²) in [6.45, 7) is 3.30. The van der Waals surface area contributed by atoms with E-state index in [4.69, 9.17) is 0 Å². The van der Waals surface area contributed by atoms with Crippen LogP contribution < -0.4 is 10.6 Å². The fourth-order valence-corrected chi connectivity index (χ4v) is 2.40. The van der Waals surface area contributed by atoms with Crippen molar-refractivity contribution in [2.75, 3.05) is 25.0 Å². The van der Waals surface area contributed by atoms with Crippen LogP contribution in [0.2, 0.25) is 0 Å². The van der Waals surface area contributed by atoms with Crippen LogP contribution in [-0.2, 0) is 14.4 Å². The van der Waals surface area contributed by atoms with Crippen molar-refractivity contribution in [3.63, 3.8) is 0 Å². The second-order valence-corrected chi connectivity index (χ2v) is 5.55. The van der Waals surface area contributed by atoms with Gasteiger partial charge < -0.3 is 15.5 Å². The Hall–Kier alpha value is -2.44. The number of nitrogens with zero attached hydrogens (tertiary/aromatic N) is 2. The van der Waals surface area contributed by atoms with Crippen molar-refractivity contribution in [2.24, 2.45) is 0 Å². The van der Waals surface area contributed by atoms with Gasteiger partial charge in [-0.15, -0.1) is 0 Å². The van der Waals surface area contributed by atoms with Gasteiger partial charge in [0.2, 0.25) is 17.7 Å². The summed E-state index contributed by atoms with van der Waals surface area (Å²) in [4.78, 5) is 40.8. The molecule has 0 bridgehead atoms. The van der Waals surface area contributed by atoms with Crippen molar-refractivity contribution in [1.29, 1.82) is 0 Å². The Kier molecular flexibility index (Phi) is 6.08. The second kappa shape index (κ2) is 8.26. The first-order valence-electron chi connectivity index (χ1n) is 7.82. The van der Waals surface area contributed by atoms with E-state index in [9.17, 15) is 14.4 Å². The van der Waals surface area contributed by atoms with Gasteiger partial charge in [0.25, 0.3) is 0 Å². The summed E-state index contributed by atoms with van der Waals surface area (Å²) < 4.78 is 0. The van der Waals surface area contributed by atoms with Crippen molar-refractivity contribution < 1.29 is 14.4 Å². The molecule has 23 heavy (non-hydrogen) atoms. The summed E-state index contributed by atoms with van der Waals surface area (Å²) in [5.41, 5.74) is 0.826. The quantitative estimate of drug-likeness (QED) is 0.779. The number of anilines is 1. The summed E-state index contributed by atoms with van der Waals surface area (Å²) >= 11 is 0. The number of hydrogen-bond donors (Lipinski definition) is 2. The standard InChI is InChI=1S/C16H22N4O3/c1-12-4-2-5-13(18-12)19-15(22)7-9-17-14(21)8-11-20-10-3-6-16(20)23/h2,4-5H,3,6-11H2,1H3,(H,17,21)(H,18,19,22). The number of aromatic nitrogens is 1. The second-order valence-electron chi connectivity index (χ2n) is 5.55. The summed E-state index contributed by atoms with van der Waals surface area (Å²) in [5.74, 6) is 0.279. The molecule has 0 atom stereocenters. The lowest BCUT2D eigenvalue weighted by molar-refractivity contribution is -0.128. The predicted octanol–water partition coefficient (Wildman–Crippen LogP) is 0.847. The van der Waals surface area contributed by atoms with Gasteiger partial charge in [-0.25, -0.2) is 4.98 Å². The van der Waals surface area contributed by atoms with Gasteiger partial charge in [0.1, 0.15) is 5.82 Å². The van der Waals surface area contributed by atoms with Crippen molar-refractivity contribution in [3.05, 3.63) is 23.9 Å². The Morgan fingerprint density at radius 1 is 1.26 bits per heavy atom. The van der Waals surface area contributed by atoms with Crippen LogP contribution in [0.1, 0.15) is 31.4 Å². The van der Waals surface area contributed by atoms with Crippen molar-refractivity contribution in [3.8, 4) is 0 Å². The number of aryl methyl sites for hydroxylation is 1. The minimum absolute atomic E-state index is 0.114. The average molecular weight is 318 g/mol. The Labute approximate surface area is 135 Å². The monoisotopic (exact) mass is 318 g/mol. The number of amides is 3. The largest absolute Gasteiger partial charge is 0.356 e. The Bertz CT molecular complexity index is 588. The molecule has 1 saturated heterocycles. The lowest BCUT2D eigenvalue weighted by Gasteiger charge is -2.14. The van der Waals surface area contributed by atoms with E-state index in [1.807, 2.05) is 19.1 Å². The Morgan fingerprint density at radius 2 is 2.09 bits per heavy atom. The van der Waals surface area contributed by atoms with Gasteiger partial charge in [0, 0.05) is 44.6 Å². The first-order chi connectivity index (χ1) is 11.0. The Balaban J connectivity index is 1.61. The first kappa shape index (κ1) is 16.9. The number of likely N-dealkylation sites (tertiary alicyclic amines) is 1. The van der Waals surface area contributed by atoms with Crippen LogP contribution in [0.15, 0.2) is 18.2 Å². The number of carbonyl (C=O) groups is 3. The number of rotatable bonds is 7. The summed E-state index contributed by atoms with van der Waals surface area (Å²) in [6, 6.07) is 5.39. The van der Waals surface area contributed by atoms with Crippen molar-refractivity contribution in [2.45, 2.75) is 32.6 Å². The normalized spacial score (nSPS) is 14.0. The van der Waals surface area contributed by atoms with Crippen molar-refractivity contribution in [1.82, 2.24) is 15.2 Å². The van der Waals surface area contributed by atoms with Gasteiger partial charge in [0.05, 0.1) is 0 Å². The van der Waals surface area contributed by atoms with Gasteiger partial charge in [-0.3, -0.25) is 14.4 Å². The predicted molar refractivity (Wildman–Crippen MR) is 85.7 cm³/mol. The maximum Gasteiger partial charge on any atom is 0.227 e. The zero-order valence-corrected chi connectivity index (χ0v) is 13.3. The third-order valence-electron chi connectivity index (χ3n) is 3.61. The average Bonchev–Trinajstić information content (AvgIpc) is 2.90. The molecular formula is C16H22N4O3. The van der Waals surface area contributed by atoms with Gasteiger partial charge in [-0.2, -0.15) is 0 Å². The topological polar surface area (TPSA) is 91.4 Å². The molecule has 1 aliphatic rings. The molecule has 0 aromatic carbocycles. The lowest BCUT2D eigenvalue weighted by Crippen LogP contribution is -2.33. The van der Waals surface area contributed by atoms with Crippen molar-refractivity contribution >= 4 is 23.5 Å². The molecule has 3 amide bonds. The molecule has 0 saturated carbocycles. The SMILES string of the molecule is Cc1cccc(NC(=O)CCNC(=O)CCN2CCCC2=O)n1. The molecule has 0 aliphatic carbocycles. The molecule has 0 unspecified atom stereocenters. The molecule has 7 nitrogen and oxygen atoms in total. The highest BCUT2D eigenvalue weighted by molar-refractivity contribution is 5.90. The molecule has 1 fully saturated rings. The molecule has 2 N–H and O–H groups in total. The van der Waals surface area contributed by atoms with Crippen LogP contribution >= 0.6 is 0 Å². The van der Waals surface area contributed by atoms with Crippen LogP contribution in [0.25, 0.3) is 0 Å². The van der Waals surface area contributed by atoms with E-state index in [1.54, 1.807) is 11.0 Å².